The highest BCUT2D eigenvalue weighted by atomic mass is 35.5. The van der Waals surface area contributed by atoms with Crippen LogP contribution in [0.15, 0.2) is 12.1 Å². The maximum atomic E-state index is 13.1. The SMILES string of the molecule is Cc1nc2cc(NN)c(F)cc2[nH]1.Cl.Cl. The minimum absolute atomic E-state index is 0. The molecule has 1 aromatic heterocycles. The smallest absolute Gasteiger partial charge is 0.149 e. The van der Waals surface area contributed by atoms with Crippen LogP contribution in [0.25, 0.3) is 11.0 Å². The molecule has 0 unspecified atom stereocenters. The molecule has 0 aliphatic carbocycles. The van der Waals surface area contributed by atoms with Crippen molar-refractivity contribution in [1.82, 2.24) is 9.97 Å². The van der Waals surface area contributed by atoms with Crippen LogP contribution in [0.4, 0.5) is 10.1 Å². The molecule has 4 N–H and O–H groups in total. The zero-order valence-electron chi connectivity index (χ0n) is 7.87. The summed E-state index contributed by atoms with van der Waals surface area (Å²) in [5.41, 5.74) is 3.89. The number of fused-ring (bicyclic) bond motifs is 1. The Hall–Kier alpha value is -1.04. The number of aromatic nitrogens is 2. The highest BCUT2D eigenvalue weighted by Crippen LogP contribution is 2.20. The summed E-state index contributed by atoms with van der Waals surface area (Å²) in [6.45, 7) is 1.81. The van der Waals surface area contributed by atoms with E-state index in [-0.39, 0.29) is 30.5 Å². The van der Waals surface area contributed by atoms with Crippen LogP contribution in [-0.2, 0) is 0 Å². The van der Waals surface area contributed by atoms with Gasteiger partial charge in [0.1, 0.15) is 11.6 Å². The number of aryl methyl sites for hydroxylation is 1. The molecule has 0 amide bonds. The Morgan fingerprint density at radius 2 is 2.07 bits per heavy atom. The van der Waals surface area contributed by atoms with Gasteiger partial charge in [0, 0.05) is 6.07 Å². The maximum absolute atomic E-state index is 13.1. The van der Waals surface area contributed by atoms with Crippen molar-refractivity contribution in [2.45, 2.75) is 6.92 Å². The Morgan fingerprint density at radius 1 is 1.40 bits per heavy atom. The Bertz CT molecular complexity index is 457. The van der Waals surface area contributed by atoms with Crippen molar-refractivity contribution >= 4 is 41.5 Å². The summed E-state index contributed by atoms with van der Waals surface area (Å²) in [6.07, 6.45) is 0. The predicted octanol–water partition coefficient (Wildman–Crippen LogP) is 2.14. The van der Waals surface area contributed by atoms with E-state index in [1.807, 2.05) is 6.92 Å². The van der Waals surface area contributed by atoms with Crippen LogP contribution < -0.4 is 11.3 Å². The highest BCUT2D eigenvalue weighted by Gasteiger charge is 2.05. The van der Waals surface area contributed by atoms with Crippen molar-refractivity contribution in [2.75, 3.05) is 5.43 Å². The normalized spacial score (nSPS) is 9.27. The van der Waals surface area contributed by atoms with Crippen LogP contribution in [0.2, 0.25) is 0 Å². The number of halogens is 3. The molecule has 0 bridgehead atoms. The van der Waals surface area contributed by atoms with Crippen LogP contribution in [0.1, 0.15) is 5.82 Å². The van der Waals surface area contributed by atoms with E-state index in [9.17, 15) is 4.39 Å². The molecule has 7 heteroatoms. The number of imidazole rings is 1. The number of nitrogen functional groups attached to an aromatic ring is 1. The maximum Gasteiger partial charge on any atom is 0.149 e. The van der Waals surface area contributed by atoms with Gasteiger partial charge in [-0.15, -0.1) is 24.8 Å². The Balaban J connectivity index is 0.000000980. The number of rotatable bonds is 1. The fourth-order valence-electron chi connectivity index (χ4n) is 1.27. The third-order valence-electron chi connectivity index (χ3n) is 1.84. The zero-order chi connectivity index (χ0) is 9.42. The lowest BCUT2D eigenvalue weighted by Gasteiger charge is -2.00. The van der Waals surface area contributed by atoms with Gasteiger partial charge in [0.15, 0.2) is 0 Å². The number of H-pyrrole nitrogens is 1. The summed E-state index contributed by atoms with van der Waals surface area (Å²) < 4.78 is 13.1. The molecule has 0 aliphatic heterocycles. The molecule has 2 aromatic rings. The Morgan fingerprint density at radius 3 is 2.67 bits per heavy atom. The number of aromatic amines is 1. The third kappa shape index (κ3) is 2.50. The molecule has 2 rings (SSSR count). The molecule has 0 radical (unpaired) electrons. The van der Waals surface area contributed by atoms with Crippen LogP contribution >= 0.6 is 24.8 Å². The van der Waals surface area contributed by atoms with Gasteiger partial charge in [-0.05, 0) is 13.0 Å². The molecule has 0 saturated carbocycles. The molecule has 1 aromatic carbocycles. The molecule has 1 heterocycles. The molecule has 84 valence electrons. The number of hydrogen-bond donors (Lipinski definition) is 3. The van der Waals surface area contributed by atoms with Gasteiger partial charge in [-0.1, -0.05) is 0 Å². The second kappa shape index (κ2) is 5.16. The van der Waals surface area contributed by atoms with Gasteiger partial charge < -0.3 is 10.4 Å². The van der Waals surface area contributed by atoms with Crippen molar-refractivity contribution in [1.29, 1.82) is 0 Å². The first-order valence-electron chi connectivity index (χ1n) is 3.83. The van der Waals surface area contributed by atoms with Crippen molar-refractivity contribution in [3.8, 4) is 0 Å². The average Bonchev–Trinajstić information content (AvgIpc) is 2.42. The van der Waals surface area contributed by atoms with Gasteiger partial charge in [0.2, 0.25) is 0 Å². The number of hydrogen-bond acceptors (Lipinski definition) is 3. The lowest BCUT2D eigenvalue weighted by atomic mass is 10.2. The third-order valence-corrected chi connectivity index (χ3v) is 1.84. The van der Waals surface area contributed by atoms with Gasteiger partial charge in [-0.2, -0.15) is 0 Å². The highest BCUT2D eigenvalue weighted by molar-refractivity contribution is 5.85. The quantitative estimate of drug-likeness (QED) is 0.538. The monoisotopic (exact) mass is 252 g/mol. The Kier molecular flexibility index (Phi) is 4.80. The van der Waals surface area contributed by atoms with Crippen LogP contribution in [0, 0.1) is 12.7 Å². The molecule has 0 aliphatic rings. The second-order valence-corrected chi connectivity index (χ2v) is 2.82. The first kappa shape index (κ1) is 14.0. The summed E-state index contributed by atoms with van der Waals surface area (Å²) in [5.74, 6) is 5.48. The number of benzene rings is 1. The van der Waals surface area contributed by atoms with E-state index < -0.39 is 5.82 Å². The van der Waals surface area contributed by atoms with Gasteiger partial charge in [0.05, 0.1) is 16.7 Å². The number of nitrogens with one attached hydrogen (secondary N) is 2. The fraction of sp³-hybridized carbons (Fsp3) is 0.125. The minimum Gasteiger partial charge on any atom is -0.342 e. The van der Waals surface area contributed by atoms with E-state index in [0.29, 0.717) is 11.0 Å². The molecule has 0 fully saturated rings. The summed E-state index contributed by atoms with van der Waals surface area (Å²) in [7, 11) is 0. The van der Waals surface area contributed by atoms with Crippen molar-refractivity contribution in [2.24, 2.45) is 5.84 Å². The molecule has 15 heavy (non-hydrogen) atoms. The summed E-state index contributed by atoms with van der Waals surface area (Å²) in [6, 6.07) is 2.93. The van der Waals surface area contributed by atoms with Gasteiger partial charge in [0.25, 0.3) is 0 Å². The lowest BCUT2D eigenvalue weighted by Crippen LogP contribution is -2.08. The van der Waals surface area contributed by atoms with E-state index in [0.717, 1.165) is 5.82 Å². The van der Waals surface area contributed by atoms with E-state index in [1.165, 1.54) is 6.07 Å². The van der Waals surface area contributed by atoms with E-state index in [4.69, 9.17) is 5.84 Å². The zero-order valence-corrected chi connectivity index (χ0v) is 9.51. The fourth-order valence-corrected chi connectivity index (χ4v) is 1.27. The largest absolute Gasteiger partial charge is 0.342 e. The summed E-state index contributed by atoms with van der Waals surface area (Å²) >= 11 is 0. The lowest BCUT2D eigenvalue weighted by molar-refractivity contribution is 0.632. The first-order valence-corrected chi connectivity index (χ1v) is 3.83. The van der Waals surface area contributed by atoms with Crippen LogP contribution in [0.3, 0.4) is 0 Å². The van der Waals surface area contributed by atoms with Crippen molar-refractivity contribution < 1.29 is 4.39 Å². The van der Waals surface area contributed by atoms with Crippen molar-refractivity contribution in [3.63, 3.8) is 0 Å². The summed E-state index contributed by atoms with van der Waals surface area (Å²) in [4.78, 5) is 7.08. The number of anilines is 1. The standard InChI is InChI=1S/C8H9FN4.2ClH/c1-4-11-7-2-5(9)6(13-10)3-8(7)12-4;;/h2-3,13H,10H2,1H3,(H,11,12);2*1H. The number of nitrogens with zero attached hydrogens (tertiary/aromatic N) is 1. The van der Waals surface area contributed by atoms with Crippen LogP contribution in [0.5, 0.6) is 0 Å². The predicted molar refractivity (Wildman–Crippen MR) is 63.1 cm³/mol. The van der Waals surface area contributed by atoms with Gasteiger partial charge >= 0.3 is 0 Å². The molecule has 4 nitrogen and oxygen atoms in total. The number of nitrogens with two attached hydrogens (primary N) is 1. The number of hydrazine groups is 1. The molecule has 0 atom stereocenters. The minimum atomic E-state index is -0.390. The Labute approximate surface area is 98.2 Å². The first-order chi connectivity index (χ1) is 6.20. The molecular formula is C8H11Cl2FN4. The van der Waals surface area contributed by atoms with E-state index in [1.54, 1.807) is 6.07 Å². The van der Waals surface area contributed by atoms with E-state index in [2.05, 4.69) is 15.4 Å². The van der Waals surface area contributed by atoms with Gasteiger partial charge in [-0.25, -0.2) is 9.37 Å². The van der Waals surface area contributed by atoms with Crippen molar-refractivity contribution in [3.05, 3.63) is 23.8 Å². The second-order valence-electron chi connectivity index (χ2n) is 2.82. The molecule has 0 saturated heterocycles. The topological polar surface area (TPSA) is 66.7 Å². The van der Waals surface area contributed by atoms with E-state index >= 15 is 0 Å². The average molecular weight is 253 g/mol. The molecule has 0 spiro atoms. The molecular weight excluding hydrogens is 242 g/mol. The van der Waals surface area contributed by atoms with Crippen LogP contribution in [-0.4, -0.2) is 9.97 Å². The van der Waals surface area contributed by atoms with Gasteiger partial charge in [-0.3, -0.25) is 5.84 Å². The summed E-state index contributed by atoms with van der Waals surface area (Å²) in [5, 5.41) is 0.